The van der Waals surface area contributed by atoms with E-state index in [1.54, 1.807) is 30.3 Å². The standard InChI is InChI=1S/C26H35N7O5/c27-19(14-17-8-3-1-4-9-17)23(35)33-20(12-7-13-30-26(28)29)24(36)31-16-22(34)32-21(25(37)38)15-18-10-5-2-6-11-18/h1-6,8-11,19-21H,7,12-16,27H2,(H,31,36)(H,32,34)(H,33,35)(H,37,38)(H4,28,29,30)/t19-,20-,21-/m0/s1. The Bertz CT molecular complexity index is 1090. The average Bonchev–Trinajstić information content (AvgIpc) is 2.89. The van der Waals surface area contributed by atoms with Gasteiger partial charge in [0.2, 0.25) is 17.7 Å². The van der Waals surface area contributed by atoms with Crippen LogP contribution in [-0.4, -0.2) is 66.0 Å². The Morgan fingerprint density at radius 2 is 1.39 bits per heavy atom. The lowest BCUT2D eigenvalue weighted by Gasteiger charge is -2.21. The molecular weight excluding hydrogens is 490 g/mol. The van der Waals surface area contributed by atoms with E-state index in [1.165, 1.54) is 0 Å². The minimum Gasteiger partial charge on any atom is -0.480 e. The van der Waals surface area contributed by atoms with E-state index in [0.29, 0.717) is 6.42 Å². The maximum Gasteiger partial charge on any atom is 0.326 e. The van der Waals surface area contributed by atoms with Gasteiger partial charge in [-0.05, 0) is 30.4 Å². The quantitative estimate of drug-likeness (QED) is 0.0869. The summed E-state index contributed by atoms with van der Waals surface area (Å²) in [7, 11) is 0. The molecule has 3 amide bonds. The second-order valence-corrected chi connectivity index (χ2v) is 8.67. The number of guanidine groups is 1. The molecule has 0 saturated carbocycles. The summed E-state index contributed by atoms with van der Waals surface area (Å²) < 4.78 is 0. The molecule has 12 heteroatoms. The molecule has 0 radical (unpaired) electrons. The van der Waals surface area contributed by atoms with Crippen molar-refractivity contribution in [3.05, 3.63) is 71.8 Å². The smallest absolute Gasteiger partial charge is 0.326 e. The predicted molar refractivity (Wildman–Crippen MR) is 143 cm³/mol. The van der Waals surface area contributed by atoms with Gasteiger partial charge in [-0.3, -0.25) is 19.4 Å². The summed E-state index contributed by atoms with van der Waals surface area (Å²) in [5.41, 5.74) is 18.3. The Balaban J connectivity index is 1.96. The maximum atomic E-state index is 12.9. The molecule has 3 atom stereocenters. The fourth-order valence-electron chi connectivity index (χ4n) is 3.60. The highest BCUT2D eigenvalue weighted by molar-refractivity contribution is 5.92. The molecule has 0 heterocycles. The number of aliphatic imine (C=N–C) groups is 1. The maximum absolute atomic E-state index is 12.9. The fourth-order valence-corrected chi connectivity index (χ4v) is 3.60. The molecule has 0 spiro atoms. The van der Waals surface area contributed by atoms with Gasteiger partial charge in [0.25, 0.3) is 0 Å². The monoisotopic (exact) mass is 525 g/mol. The van der Waals surface area contributed by atoms with Gasteiger partial charge in [0.1, 0.15) is 12.1 Å². The summed E-state index contributed by atoms with van der Waals surface area (Å²) in [5, 5.41) is 17.0. The summed E-state index contributed by atoms with van der Waals surface area (Å²) in [5.74, 6) is -3.15. The van der Waals surface area contributed by atoms with Crippen molar-refractivity contribution in [3.63, 3.8) is 0 Å². The van der Waals surface area contributed by atoms with Crippen LogP contribution in [-0.2, 0) is 32.0 Å². The molecule has 0 aliphatic carbocycles. The third-order valence-corrected chi connectivity index (χ3v) is 5.55. The SMILES string of the molecule is NC(N)=NCCC[C@H](NC(=O)[C@@H](N)Cc1ccccc1)C(=O)NCC(=O)N[C@@H](Cc1ccccc1)C(=O)O. The molecule has 0 aromatic heterocycles. The van der Waals surface area contributed by atoms with Gasteiger partial charge in [0.05, 0.1) is 12.6 Å². The van der Waals surface area contributed by atoms with Crippen LogP contribution in [0.3, 0.4) is 0 Å². The van der Waals surface area contributed by atoms with E-state index >= 15 is 0 Å². The molecule has 2 rings (SSSR count). The van der Waals surface area contributed by atoms with Gasteiger partial charge >= 0.3 is 5.97 Å². The lowest BCUT2D eigenvalue weighted by molar-refractivity contribution is -0.141. The lowest BCUT2D eigenvalue weighted by atomic mass is 10.0. The zero-order chi connectivity index (χ0) is 27.9. The van der Waals surface area contributed by atoms with Gasteiger partial charge in [-0.1, -0.05) is 60.7 Å². The van der Waals surface area contributed by atoms with Crippen molar-refractivity contribution >= 4 is 29.7 Å². The van der Waals surface area contributed by atoms with Crippen molar-refractivity contribution in [2.45, 2.75) is 43.8 Å². The lowest BCUT2D eigenvalue weighted by Crippen LogP contribution is -2.54. The third-order valence-electron chi connectivity index (χ3n) is 5.55. The van der Waals surface area contributed by atoms with Crippen molar-refractivity contribution in [1.29, 1.82) is 0 Å². The summed E-state index contributed by atoms with van der Waals surface area (Å²) >= 11 is 0. The molecule has 0 aliphatic rings. The molecule has 12 nitrogen and oxygen atoms in total. The number of aliphatic carboxylic acids is 1. The first-order valence-corrected chi connectivity index (χ1v) is 12.1. The molecule has 2 aromatic carbocycles. The number of hydrogen-bond acceptors (Lipinski definition) is 6. The largest absolute Gasteiger partial charge is 0.480 e. The van der Waals surface area contributed by atoms with E-state index in [-0.39, 0.29) is 31.8 Å². The van der Waals surface area contributed by atoms with Crippen LogP contribution in [0.25, 0.3) is 0 Å². The van der Waals surface area contributed by atoms with Crippen molar-refractivity contribution in [3.8, 4) is 0 Å². The van der Waals surface area contributed by atoms with Crippen molar-refractivity contribution in [2.75, 3.05) is 13.1 Å². The van der Waals surface area contributed by atoms with E-state index in [1.807, 2.05) is 30.3 Å². The average molecular weight is 526 g/mol. The van der Waals surface area contributed by atoms with Crippen molar-refractivity contribution in [1.82, 2.24) is 16.0 Å². The van der Waals surface area contributed by atoms with E-state index < -0.39 is 48.4 Å². The van der Waals surface area contributed by atoms with Gasteiger partial charge < -0.3 is 38.3 Å². The van der Waals surface area contributed by atoms with Crippen LogP contribution in [0.5, 0.6) is 0 Å². The van der Waals surface area contributed by atoms with Gasteiger partial charge in [0.15, 0.2) is 5.96 Å². The zero-order valence-electron chi connectivity index (χ0n) is 21.0. The second kappa shape index (κ2) is 15.6. The van der Waals surface area contributed by atoms with Crippen LogP contribution >= 0.6 is 0 Å². The molecule has 0 bridgehead atoms. The summed E-state index contributed by atoms with van der Waals surface area (Å²) in [6, 6.07) is 15.0. The molecule has 38 heavy (non-hydrogen) atoms. The van der Waals surface area contributed by atoms with Crippen LogP contribution in [0, 0.1) is 0 Å². The number of carboxylic acids is 1. The van der Waals surface area contributed by atoms with Crippen LogP contribution in [0.1, 0.15) is 24.0 Å². The van der Waals surface area contributed by atoms with Crippen molar-refractivity contribution < 1.29 is 24.3 Å². The fraction of sp³-hybridized carbons (Fsp3) is 0.346. The molecule has 0 aliphatic heterocycles. The number of nitrogens with two attached hydrogens (primary N) is 3. The Morgan fingerprint density at radius 1 is 0.816 bits per heavy atom. The van der Waals surface area contributed by atoms with E-state index in [0.717, 1.165) is 11.1 Å². The summed E-state index contributed by atoms with van der Waals surface area (Å²) in [6.45, 7) is -0.244. The molecular formula is C26H35N7O5. The second-order valence-electron chi connectivity index (χ2n) is 8.67. The predicted octanol–water partition coefficient (Wildman–Crippen LogP) is -0.977. The van der Waals surface area contributed by atoms with Gasteiger partial charge in [-0.15, -0.1) is 0 Å². The minimum absolute atomic E-state index is 0.0820. The number of nitrogens with zero attached hydrogens (tertiary/aromatic N) is 1. The normalized spacial score (nSPS) is 12.9. The molecule has 0 fully saturated rings. The third kappa shape index (κ3) is 11.1. The topological polar surface area (TPSA) is 215 Å². The Morgan fingerprint density at radius 3 is 1.95 bits per heavy atom. The zero-order valence-corrected chi connectivity index (χ0v) is 21.0. The molecule has 2 aromatic rings. The van der Waals surface area contributed by atoms with Gasteiger partial charge in [-0.25, -0.2) is 4.79 Å². The van der Waals surface area contributed by atoms with Crippen LogP contribution in [0.15, 0.2) is 65.7 Å². The Kier molecular flexibility index (Phi) is 12.2. The minimum atomic E-state index is -1.20. The Hall–Kier alpha value is -4.45. The number of carboxylic acid groups (broad SMARTS) is 1. The highest BCUT2D eigenvalue weighted by atomic mass is 16.4. The molecule has 0 saturated heterocycles. The van der Waals surface area contributed by atoms with E-state index in [2.05, 4.69) is 20.9 Å². The van der Waals surface area contributed by atoms with E-state index in [4.69, 9.17) is 17.2 Å². The number of carbonyl (C=O) groups is 4. The first-order chi connectivity index (χ1) is 18.2. The highest BCUT2D eigenvalue weighted by Crippen LogP contribution is 2.05. The van der Waals surface area contributed by atoms with E-state index in [9.17, 15) is 24.3 Å². The number of hydrogen-bond donors (Lipinski definition) is 7. The van der Waals surface area contributed by atoms with Crippen LogP contribution < -0.4 is 33.2 Å². The number of carbonyl (C=O) groups excluding carboxylic acids is 3. The number of benzene rings is 2. The Labute approximate surface area is 221 Å². The number of rotatable bonds is 15. The summed E-state index contributed by atoms with van der Waals surface area (Å²) in [4.78, 5) is 53.4. The molecule has 10 N–H and O–H groups in total. The van der Waals surface area contributed by atoms with Gasteiger partial charge in [0, 0.05) is 13.0 Å². The first kappa shape index (κ1) is 29.8. The highest BCUT2D eigenvalue weighted by Gasteiger charge is 2.25. The number of amides is 3. The van der Waals surface area contributed by atoms with Gasteiger partial charge in [-0.2, -0.15) is 0 Å². The first-order valence-electron chi connectivity index (χ1n) is 12.1. The van der Waals surface area contributed by atoms with Crippen LogP contribution in [0.2, 0.25) is 0 Å². The number of nitrogens with one attached hydrogen (secondary N) is 3. The molecule has 0 unspecified atom stereocenters. The summed E-state index contributed by atoms with van der Waals surface area (Å²) in [6.07, 6.45) is 0.905. The van der Waals surface area contributed by atoms with Crippen LogP contribution in [0.4, 0.5) is 0 Å². The molecule has 204 valence electrons. The van der Waals surface area contributed by atoms with Crippen molar-refractivity contribution in [2.24, 2.45) is 22.2 Å².